The fourth-order valence-electron chi connectivity index (χ4n) is 0.313. The molecule has 1 aromatic heterocycles. The zero-order valence-corrected chi connectivity index (χ0v) is 8.76. The van der Waals surface area contributed by atoms with Crippen LogP contribution in [-0.4, -0.2) is 21.5 Å². The summed E-state index contributed by atoms with van der Waals surface area (Å²) < 4.78 is -0.750. The largest absolute Gasteiger partial charge is 0.400 e. The number of pyridine rings is 1. The molecule has 0 unspecified atom stereocenters. The van der Waals surface area contributed by atoms with E-state index in [-0.39, 0.29) is 0 Å². The third-order valence-corrected chi connectivity index (χ3v) is 0.566. The molecule has 1 heterocycles. The van der Waals surface area contributed by atoms with E-state index in [1.165, 1.54) is 0 Å². The maximum atomic E-state index is 7.00. The normalized spacial score (nSPS) is 7.50. The maximum absolute atomic E-state index is 7.00. The molecule has 5 heteroatoms. The zero-order valence-electron chi connectivity index (χ0n) is 6.49. The summed E-state index contributed by atoms with van der Waals surface area (Å²) in [6, 6.07) is 5.72. The van der Waals surface area contributed by atoms with Crippen LogP contribution < -0.4 is 0 Å². The summed E-state index contributed by atoms with van der Waals surface area (Å²) in [7, 11) is 1.00. The SMILES string of the molecule is CO.ClC(Cl)Cl.c1ccncc1. The molecule has 1 N–H and O–H groups in total. The van der Waals surface area contributed by atoms with E-state index in [1.807, 2.05) is 18.2 Å². The minimum absolute atomic E-state index is 0.750. The third kappa shape index (κ3) is 22.5. The second kappa shape index (κ2) is 13.6. The van der Waals surface area contributed by atoms with Gasteiger partial charge in [-0.05, 0) is 12.1 Å². The highest BCUT2D eigenvalue weighted by molar-refractivity contribution is 6.63. The lowest BCUT2D eigenvalue weighted by Crippen LogP contribution is -1.58. The molecule has 2 nitrogen and oxygen atoms in total. The quantitative estimate of drug-likeness (QED) is 0.695. The number of aliphatic hydroxyl groups excluding tert-OH is 1. The van der Waals surface area contributed by atoms with Crippen molar-refractivity contribution in [1.29, 1.82) is 0 Å². The van der Waals surface area contributed by atoms with Crippen LogP contribution in [0.1, 0.15) is 0 Å². The van der Waals surface area contributed by atoms with Crippen molar-refractivity contribution >= 4 is 34.8 Å². The van der Waals surface area contributed by atoms with Gasteiger partial charge in [-0.1, -0.05) is 40.9 Å². The molecule has 70 valence electrons. The summed E-state index contributed by atoms with van der Waals surface area (Å²) in [6.45, 7) is 0. The van der Waals surface area contributed by atoms with E-state index in [4.69, 9.17) is 39.9 Å². The van der Waals surface area contributed by atoms with E-state index in [9.17, 15) is 0 Å². The van der Waals surface area contributed by atoms with Crippen molar-refractivity contribution in [2.75, 3.05) is 7.11 Å². The van der Waals surface area contributed by atoms with Gasteiger partial charge in [0.2, 0.25) is 0 Å². The molecule has 0 aliphatic carbocycles. The van der Waals surface area contributed by atoms with Gasteiger partial charge in [0.25, 0.3) is 0 Å². The summed E-state index contributed by atoms with van der Waals surface area (Å²) in [4.78, 5) is 3.78. The molecular formula is C7H10Cl3NO. The van der Waals surface area contributed by atoms with Gasteiger partial charge in [0.05, 0.1) is 0 Å². The second-order valence-corrected chi connectivity index (χ2v) is 3.25. The molecule has 0 spiro atoms. The Bertz CT molecular complexity index is 119. The Balaban J connectivity index is 0. The Morgan fingerprint density at radius 2 is 1.33 bits per heavy atom. The van der Waals surface area contributed by atoms with Crippen LogP contribution in [0.25, 0.3) is 0 Å². The minimum Gasteiger partial charge on any atom is -0.400 e. The lowest BCUT2D eigenvalue weighted by Gasteiger charge is -1.70. The number of hydrogen-bond donors (Lipinski definition) is 1. The highest BCUT2D eigenvalue weighted by Gasteiger charge is 1.78. The van der Waals surface area contributed by atoms with Gasteiger partial charge in [0.1, 0.15) is 0 Å². The lowest BCUT2D eigenvalue weighted by molar-refractivity contribution is 0.399. The molecule has 1 aromatic rings. The topological polar surface area (TPSA) is 33.1 Å². The molecule has 12 heavy (non-hydrogen) atoms. The first-order valence-corrected chi connectivity index (χ1v) is 4.26. The highest BCUT2D eigenvalue weighted by atomic mass is 35.6. The van der Waals surface area contributed by atoms with Crippen LogP contribution in [0.5, 0.6) is 0 Å². The molecule has 0 atom stereocenters. The molecule has 0 fully saturated rings. The van der Waals surface area contributed by atoms with E-state index in [1.54, 1.807) is 12.4 Å². The van der Waals surface area contributed by atoms with Gasteiger partial charge in [-0.15, -0.1) is 0 Å². The first kappa shape index (κ1) is 14.5. The summed E-state index contributed by atoms with van der Waals surface area (Å²) in [5.74, 6) is 0. The van der Waals surface area contributed by atoms with Gasteiger partial charge in [-0.2, -0.15) is 0 Å². The Morgan fingerprint density at radius 1 is 1.00 bits per heavy atom. The highest BCUT2D eigenvalue weighted by Crippen LogP contribution is 2.03. The predicted molar refractivity (Wildman–Crippen MR) is 53.7 cm³/mol. The Hall–Kier alpha value is -0.0200. The summed E-state index contributed by atoms with van der Waals surface area (Å²) >= 11 is 14.4. The van der Waals surface area contributed by atoms with Crippen molar-refractivity contribution in [2.45, 2.75) is 4.30 Å². The predicted octanol–water partition coefficient (Wildman–Crippen LogP) is 2.68. The fourth-order valence-corrected chi connectivity index (χ4v) is 0.313. The standard InChI is InChI=1S/C5H5N.CHCl3.CH4O/c1-2-4-6-5-3-1;2-1(3)4;1-2/h1-5H;1H;2H,1H3. The number of hydrogen-bond acceptors (Lipinski definition) is 2. The van der Waals surface area contributed by atoms with Crippen LogP contribution in [0.2, 0.25) is 0 Å². The maximum Gasteiger partial charge on any atom is 0.180 e. The average molecular weight is 231 g/mol. The van der Waals surface area contributed by atoms with Crippen molar-refractivity contribution in [3.63, 3.8) is 0 Å². The summed E-state index contributed by atoms with van der Waals surface area (Å²) in [5, 5.41) is 7.00. The lowest BCUT2D eigenvalue weighted by atomic mass is 10.5. The Morgan fingerprint density at radius 3 is 1.42 bits per heavy atom. The van der Waals surface area contributed by atoms with Gasteiger partial charge < -0.3 is 5.11 Å². The number of nitrogens with zero attached hydrogens (tertiary/aromatic N) is 1. The fraction of sp³-hybridized carbons (Fsp3) is 0.286. The molecule has 0 aliphatic rings. The smallest absolute Gasteiger partial charge is 0.180 e. The Labute approximate surface area is 87.1 Å². The van der Waals surface area contributed by atoms with Crippen molar-refractivity contribution in [3.8, 4) is 0 Å². The number of halogens is 3. The number of alkyl halides is 3. The second-order valence-electron chi connectivity index (χ2n) is 1.27. The molecule has 0 saturated carbocycles. The van der Waals surface area contributed by atoms with Crippen LogP contribution >= 0.6 is 34.8 Å². The number of rotatable bonds is 0. The van der Waals surface area contributed by atoms with Crippen LogP contribution in [0.4, 0.5) is 0 Å². The van der Waals surface area contributed by atoms with Crippen LogP contribution in [0.15, 0.2) is 30.6 Å². The first-order chi connectivity index (χ1) is 5.73. The molecule has 0 amide bonds. The summed E-state index contributed by atoms with van der Waals surface area (Å²) in [6.07, 6.45) is 3.50. The number of aromatic nitrogens is 1. The molecule has 0 aliphatic heterocycles. The molecule has 0 radical (unpaired) electrons. The van der Waals surface area contributed by atoms with Crippen molar-refractivity contribution < 1.29 is 5.11 Å². The first-order valence-electron chi connectivity index (χ1n) is 2.95. The average Bonchev–Trinajstić information content (AvgIpc) is 2.10. The van der Waals surface area contributed by atoms with E-state index in [2.05, 4.69) is 4.98 Å². The van der Waals surface area contributed by atoms with E-state index in [0.29, 0.717) is 0 Å². The van der Waals surface area contributed by atoms with Gasteiger partial charge in [0, 0.05) is 19.5 Å². The molecular weight excluding hydrogens is 220 g/mol. The monoisotopic (exact) mass is 229 g/mol. The summed E-state index contributed by atoms with van der Waals surface area (Å²) in [5.41, 5.74) is 0. The van der Waals surface area contributed by atoms with Gasteiger partial charge in [-0.25, -0.2) is 0 Å². The zero-order chi connectivity index (χ0) is 9.82. The minimum atomic E-state index is -0.750. The third-order valence-electron chi connectivity index (χ3n) is 0.566. The van der Waals surface area contributed by atoms with E-state index >= 15 is 0 Å². The van der Waals surface area contributed by atoms with E-state index in [0.717, 1.165) is 7.11 Å². The Kier molecular flexibility index (Phi) is 16.4. The van der Waals surface area contributed by atoms with E-state index < -0.39 is 4.30 Å². The van der Waals surface area contributed by atoms with Crippen molar-refractivity contribution in [2.24, 2.45) is 0 Å². The molecule has 0 saturated heterocycles. The van der Waals surface area contributed by atoms with Gasteiger partial charge in [0.15, 0.2) is 4.30 Å². The molecule has 0 aromatic carbocycles. The van der Waals surface area contributed by atoms with Crippen molar-refractivity contribution in [1.82, 2.24) is 4.98 Å². The number of aliphatic hydroxyl groups is 1. The van der Waals surface area contributed by atoms with Gasteiger partial charge >= 0.3 is 0 Å². The van der Waals surface area contributed by atoms with Crippen LogP contribution in [0.3, 0.4) is 0 Å². The van der Waals surface area contributed by atoms with Crippen LogP contribution in [0, 0.1) is 0 Å². The van der Waals surface area contributed by atoms with Gasteiger partial charge in [-0.3, -0.25) is 4.98 Å². The molecule has 1 rings (SSSR count). The van der Waals surface area contributed by atoms with Crippen LogP contribution in [-0.2, 0) is 0 Å². The van der Waals surface area contributed by atoms with Crippen molar-refractivity contribution in [3.05, 3.63) is 30.6 Å². The molecule has 0 bridgehead atoms.